The molecule has 1 heterocycles. The van der Waals surface area contributed by atoms with Gasteiger partial charge in [-0.1, -0.05) is 6.07 Å². The van der Waals surface area contributed by atoms with E-state index in [1.807, 2.05) is 12.1 Å². The van der Waals surface area contributed by atoms with Gasteiger partial charge in [0.15, 0.2) is 6.61 Å². The number of carbonyl (C=O) groups is 3. The van der Waals surface area contributed by atoms with E-state index in [9.17, 15) is 14.4 Å². The van der Waals surface area contributed by atoms with E-state index in [1.165, 1.54) is 18.2 Å². The number of nitrogens with one attached hydrogen (secondary N) is 1. The van der Waals surface area contributed by atoms with Gasteiger partial charge in [-0.25, -0.2) is 9.59 Å². The Morgan fingerprint density at radius 2 is 1.81 bits per heavy atom. The van der Waals surface area contributed by atoms with Crippen molar-refractivity contribution in [1.82, 2.24) is 4.98 Å². The molecule has 0 spiro atoms. The maximum absolute atomic E-state index is 12.4. The van der Waals surface area contributed by atoms with Crippen molar-refractivity contribution in [3.8, 4) is 0 Å². The highest BCUT2D eigenvalue weighted by Gasteiger charge is 2.23. The number of carbonyl (C=O) groups excluding carboxylic acids is 3. The van der Waals surface area contributed by atoms with Crippen LogP contribution in [0.4, 0.5) is 0 Å². The van der Waals surface area contributed by atoms with Gasteiger partial charge in [0.1, 0.15) is 0 Å². The summed E-state index contributed by atoms with van der Waals surface area (Å²) in [6, 6.07) is 5.52. The van der Waals surface area contributed by atoms with Crippen LogP contribution >= 0.6 is 0 Å². The standard InChI is InChI=1S/C20H21NO5/c1-11-17(20(24)25-3)12(2)21-18(11)16(22)10-26-19(23)15-8-7-13-5-4-6-14(13)9-15/h7-9,21H,4-6,10H2,1-3H3. The summed E-state index contributed by atoms with van der Waals surface area (Å²) in [5.74, 6) is -1.43. The van der Waals surface area contributed by atoms with Gasteiger partial charge in [-0.2, -0.15) is 0 Å². The first kappa shape index (κ1) is 17.9. The number of methoxy groups -OCH3 is 1. The molecule has 0 amide bonds. The van der Waals surface area contributed by atoms with Crippen molar-refractivity contribution in [2.45, 2.75) is 33.1 Å². The van der Waals surface area contributed by atoms with Crippen molar-refractivity contribution in [3.05, 3.63) is 57.4 Å². The third-order valence-corrected chi connectivity index (χ3v) is 4.77. The average molecular weight is 355 g/mol. The molecule has 6 heteroatoms. The predicted octanol–water partition coefficient (Wildman–Crippen LogP) is 2.95. The number of Topliss-reactive ketones (excluding diaryl/α,β-unsaturated/α-hetero) is 1. The number of rotatable bonds is 5. The van der Waals surface area contributed by atoms with E-state index >= 15 is 0 Å². The maximum atomic E-state index is 12.4. The molecule has 136 valence electrons. The number of fused-ring (bicyclic) bond motifs is 1. The van der Waals surface area contributed by atoms with Gasteiger partial charge in [-0.15, -0.1) is 0 Å². The number of ketones is 1. The summed E-state index contributed by atoms with van der Waals surface area (Å²) in [7, 11) is 1.29. The lowest BCUT2D eigenvalue weighted by Gasteiger charge is -2.06. The van der Waals surface area contributed by atoms with E-state index in [1.54, 1.807) is 19.9 Å². The number of esters is 2. The summed E-state index contributed by atoms with van der Waals surface area (Å²) in [5.41, 5.74) is 4.52. The van der Waals surface area contributed by atoms with Crippen LogP contribution in [0.3, 0.4) is 0 Å². The van der Waals surface area contributed by atoms with Crippen LogP contribution < -0.4 is 0 Å². The highest BCUT2D eigenvalue weighted by Crippen LogP contribution is 2.23. The summed E-state index contributed by atoms with van der Waals surface area (Å²) in [5, 5.41) is 0. The first-order valence-electron chi connectivity index (χ1n) is 8.52. The van der Waals surface area contributed by atoms with Crippen molar-refractivity contribution >= 4 is 17.7 Å². The number of aromatic amines is 1. The number of benzene rings is 1. The summed E-state index contributed by atoms with van der Waals surface area (Å²) >= 11 is 0. The zero-order chi connectivity index (χ0) is 18.8. The van der Waals surface area contributed by atoms with E-state index in [-0.39, 0.29) is 5.69 Å². The van der Waals surface area contributed by atoms with E-state index < -0.39 is 24.3 Å². The minimum atomic E-state index is -0.526. The first-order chi connectivity index (χ1) is 12.4. The smallest absolute Gasteiger partial charge is 0.339 e. The van der Waals surface area contributed by atoms with Crippen molar-refractivity contribution in [2.24, 2.45) is 0 Å². The maximum Gasteiger partial charge on any atom is 0.339 e. The Morgan fingerprint density at radius 1 is 1.08 bits per heavy atom. The van der Waals surface area contributed by atoms with Crippen molar-refractivity contribution in [2.75, 3.05) is 13.7 Å². The Hall–Kier alpha value is -2.89. The topological polar surface area (TPSA) is 85.5 Å². The molecule has 26 heavy (non-hydrogen) atoms. The minimum Gasteiger partial charge on any atom is -0.465 e. The molecule has 0 radical (unpaired) electrons. The van der Waals surface area contributed by atoms with Crippen molar-refractivity contribution in [1.29, 1.82) is 0 Å². The molecule has 1 aliphatic carbocycles. The lowest BCUT2D eigenvalue weighted by Crippen LogP contribution is -2.16. The fraction of sp³-hybridized carbons (Fsp3) is 0.350. The zero-order valence-electron chi connectivity index (χ0n) is 15.1. The van der Waals surface area contributed by atoms with Gasteiger partial charge in [0.25, 0.3) is 0 Å². The lowest BCUT2D eigenvalue weighted by atomic mass is 10.1. The van der Waals surface area contributed by atoms with Crippen LogP contribution in [-0.2, 0) is 22.3 Å². The second-order valence-corrected chi connectivity index (χ2v) is 6.45. The molecule has 0 saturated heterocycles. The van der Waals surface area contributed by atoms with Crippen LogP contribution in [0.25, 0.3) is 0 Å². The van der Waals surface area contributed by atoms with Gasteiger partial charge < -0.3 is 14.5 Å². The lowest BCUT2D eigenvalue weighted by molar-refractivity contribution is 0.0473. The Bertz CT molecular complexity index is 894. The molecule has 0 unspecified atom stereocenters. The molecule has 1 aromatic heterocycles. The van der Waals surface area contributed by atoms with Crippen LogP contribution in [0.2, 0.25) is 0 Å². The third-order valence-electron chi connectivity index (χ3n) is 4.77. The summed E-state index contributed by atoms with van der Waals surface area (Å²) in [6.45, 7) is 2.95. The molecular weight excluding hydrogens is 334 g/mol. The summed E-state index contributed by atoms with van der Waals surface area (Å²) in [6.07, 6.45) is 3.10. The molecule has 6 nitrogen and oxygen atoms in total. The molecule has 3 rings (SSSR count). The normalized spacial score (nSPS) is 12.6. The predicted molar refractivity (Wildman–Crippen MR) is 94.7 cm³/mol. The third kappa shape index (κ3) is 3.27. The largest absolute Gasteiger partial charge is 0.465 e. The summed E-state index contributed by atoms with van der Waals surface area (Å²) < 4.78 is 9.90. The highest BCUT2D eigenvalue weighted by atomic mass is 16.5. The Morgan fingerprint density at radius 3 is 2.54 bits per heavy atom. The Labute approximate surface area is 151 Å². The average Bonchev–Trinajstić information content (AvgIpc) is 3.22. The number of hydrogen-bond donors (Lipinski definition) is 1. The monoisotopic (exact) mass is 355 g/mol. The molecule has 1 aromatic carbocycles. The zero-order valence-corrected chi connectivity index (χ0v) is 15.1. The highest BCUT2D eigenvalue weighted by molar-refractivity contribution is 6.03. The van der Waals surface area contributed by atoms with Gasteiger partial charge in [0.05, 0.1) is 23.9 Å². The molecule has 0 saturated carbocycles. The number of H-pyrrole nitrogens is 1. The number of ether oxygens (including phenoxy) is 2. The second-order valence-electron chi connectivity index (χ2n) is 6.45. The van der Waals surface area contributed by atoms with E-state index in [0.717, 1.165) is 19.3 Å². The van der Waals surface area contributed by atoms with Gasteiger partial charge in [-0.05, 0) is 61.9 Å². The molecule has 1 aliphatic rings. The van der Waals surface area contributed by atoms with E-state index in [4.69, 9.17) is 9.47 Å². The van der Waals surface area contributed by atoms with Gasteiger partial charge in [0, 0.05) is 5.69 Å². The number of aromatic nitrogens is 1. The van der Waals surface area contributed by atoms with Crippen LogP contribution in [0.5, 0.6) is 0 Å². The van der Waals surface area contributed by atoms with Crippen LogP contribution in [0.15, 0.2) is 18.2 Å². The van der Waals surface area contributed by atoms with Crippen LogP contribution in [-0.4, -0.2) is 36.4 Å². The number of aryl methyl sites for hydroxylation is 3. The van der Waals surface area contributed by atoms with Gasteiger partial charge in [0.2, 0.25) is 5.78 Å². The van der Waals surface area contributed by atoms with Crippen LogP contribution in [0, 0.1) is 13.8 Å². The van der Waals surface area contributed by atoms with E-state index in [2.05, 4.69) is 4.98 Å². The fourth-order valence-electron chi connectivity index (χ4n) is 3.42. The first-order valence-corrected chi connectivity index (χ1v) is 8.52. The second kappa shape index (κ2) is 7.15. The van der Waals surface area contributed by atoms with Crippen molar-refractivity contribution < 1.29 is 23.9 Å². The molecule has 0 aliphatic heterocycles. The molecule has 0 fully saturated rings. The quantitative estimate of drug-likeness (QED) is 0.658. The van der Waals surface area contributed by atoms with Crippen LogP contribution in [0.1, 0.15) is 60.0 Å². The van der Waals surface area contributed by atoms with Crippen molar-refractivity contribution in [3.63, 3.8) is 0 Å². The Balaban J connectivity index is 1.69. The minimum absolute atomic E-state index is 0.254. The summed E-state index contributed by atoms with van der Waals surface area (Å²) in [4.78, 5) is 39.3. The SMILES string of the molecule is COC(=O)c1c(C)[nH]c(C(=O)COC(=O)c2ccc3c(c2)CCC3)c1C. The Kier molecular flexibility index (Phi) is 4.93. The molecular formula is C20H21NO5. The van der Waals surface area contributed by atoms with Gasteiger partial charge >= 0.3 is 11.9 Å². The molecule has 2 aromatic rings. The molecule has 0 atom stereocenters. The van der Waals surface area contributed by atoms with E-state index in [0.29, 0.717) is 22.4 Å². The number of hydrogen-bond acceptors (Lipinski definition) is 5. The molecule has 1 N–H and O–H groups in total. The fourth-order valence-corrected chi connectivity index (χ4v) is 3.42. The van der Waals surface area contributed by atoms with Gasteiger partial charge in [-0.3, -0.25) is 4.79 Å². The molecule has 0 bridgehead atoms.